The van der Waals surface area contributed by atoms with Gasteiger partial charge in [0.15, 0.2) is 9.84 Å². The Kier molecular flexibility index (Phi) is 5.26. The van der Waals surface area contributed by atoms with Gasteiger partial charge in [0.05, 0.1) is 16.7 Å². The quantitative estimate of drug-likeness (QED) is 0.595. The maximum absolute atomic E-state index is 13.7. The molecule has 1 aromatic rings. The van der Waals surface area contributed by atoms with Gasteiger partial charge in [-0.3, -0.25) is 14.5 Å². The fourth-order valence-electron chi connectivity index (χ4n) is 2.43. The van der Waals surface area contributed by atoms with Crippen LogP contribution in [0.4, 0.5) is 4.39 Å². The molecule has 3 rings (SSSR count). The zero-order chi connectivity index (χ0) is 18.9. The molecule has 1 atom stereocenters. The molecule has 2 heterocycles. The molecule has 1 aromatic carbocycles. The van der Waals surface area contributed by atoms with E-state index in [9.17, 15) is 22.4 Å². The zero-order valence-electron chi connectivity index (χ0n) is 13.2. The average molecular weight is 412 g/mol. The third kappa shape index (κ3) is 4.19. The second kappa shape index (κ2) is 7.29. The lowest BCUT2D eigenvalue weighted by atomic mass is 10.2. The summed E-state index contributed by atoms with van der Waals surface area (Å²) in [5.74, 6) is -1.69. The van der Waals surface area contributed by atoms with Gasteiger partial charge in [-0.05, 0) is 18.2 Å². The largest absolute Gasteiger partial charge is 0.347 e. The number of hydrogen-bond acceptors (Lipinski definition) is 6. The minimum atomic E-state index is -3.29. The number of carbonyl (C=O) groups excluding carboxylic acids is 2. The molecule has 26 heavy (non-hydrogen) atoms. The molecule has 0 radical (unpaired) electrons. The van der Waals surface area contributed by atoms with E-state index < -0.39 is 33.5 Å². The highest BCUT2D eigenvalue weighted by Gasteiger charge is 2.34. The number of nitrogens with one attached hydrogen (secondary N) is 1. The molecule has 2 aliphatic heterocycles. The molecule has 1 N–H and O–H groups in total. The highest BCUT2D eigenvalue weighted by atomic mass is 32.2. The van der Waals surface area contributed by atoms with Crippen molar-refractivity contribution in [1.29, 1.82) is 0 Å². The van der Waals surface area contributed by atoms with Crippen molar-refractivity contribution in [3.8, 4) is 0 Å². The van der Waals surface area contributed by atoms with Crippen LogP contribution in [-0.2, 0) is 19.4 Å². The summed E-state index contributed by atoms with van der Waals surface area (Å²) in [6.45, 7) is -0.330. The summed E-state index contributed by atoms with van der Waals surface area (Å²) in [5, 5.41) is 3.58. The van der Waals surface area contributed by atoms with Gasteiger partial charge in [0.1, 0.15) is 16.7 Å². The first kappa shape index (κ1) is 18.7. The molecule has 1 saturated heterocycles. The van der Waals surface area contributed by atoms with E-state index in [1.807, 2.05) is 0 Å². The molecule has 1 unspecified atom stereocenters. The zero-order valence-corrected chi connectivity index (χ0v) is 15.7. The number of hydrogen-bond donors (Lipinski definition) is 1. The number of nitrogens with zero attached hydrogens (tertiary/aromatic N) is 1. The van der Waals surface area contributed by atoms with Crippen LogP contribution in [0.5, 0.6) is 0 Å². The van der Waals surface area contributed by atoms with Crippen LogP contribution in [0.1, 0.15) is 5.56 Å². The van der Waals surface area contributed by atoms with E-state index in [1.54, 1.807) is 12.1 Å². The van der Waals surface area contributed by atoms with Crippen LogP contribution in [0.15, 0.2) is 40.7 Å². The molecule has 0 saturated carbocycles. The Bertz CT molecular complexity index is 956. The van der Waals surface area contributed by atoms with E-state index in [4.69, 9.17) is 12.2 Å². The Morgan fingerprint density at radius 1 is 1.42 bits per heavy atom. The molecule has 0 aromatic heterocycles. The van der Waals surface area contributed by atoms with Crippen LogP contribution in [0.3, 0.4) is 0 Å². The summed E-state index contributed by atoms with van der Waals surface area (Å²) in [5.41, 5.74) is 0.249. The molecule has 10 heteroatoms. The van der Waals surface area contributed by atoms with E-state index in [0.717, 1.165) is 22.1 Å². The Morgan fingerprint density at radius 3 is 2.81 bits per heavy atom. The van der Waals surface area contributed by atoms with Gasteiger partial charge in [0.25, 0.3) is 5.91 Å². The van der Waals surface area contributed by atoms with Crippen molar-refractivity contribution < 1.29 is 22.4 Å². The highest BCUT2D eigenvalue weighted by Crippen LogP contribution is 2.32. The third-order valence-corrected chi connectivity index (χ3v) is 6.42. The fraction of sp³-hybridized carbons (Fsp3) is 0.188. The minimum Gasteiger partial charge on any atom is -0.347 e. The maximum Gasteiger partial charge on any atom is 0.266 e. The van der Waals surface area contributed by atoms with Gasteiger partial charge in [0, 0.05) is 11.0 Å². The van der Waals surface area contributed by atoms with Gasteiger partial charge >= 0.3 is 0 Å². The van der Waals surface area contributed by atoms with Crippen LogP contribution in [-0.4, -0.2) is 47.8 Å². The van der Waals surface area contributed by atoms with Gasteiger partial charge in [0.2, 0.25) is 5.91 Å². The minimum absolute atomic E-state index is 0.183. The van der Waals surface area contributed by atoms with Crippen molar-refractivity contribution in [2.75, 3.05) is 12.3 Å². The highest BCUT2D eigenvalue weighted by molar-refractivity contribution is 8.26. The second-order valence-corrected chi connectivity index (χ2v) is 9.23. The van der Waals surface area contributed by atoms with Gasteiger partial charge in [-0.15, -0.1) is 0 Å². The molecule has 0 bridgehead atoms. The standard InChI is InChI=1S/C16H13FN2O4S3/c17-12-4-2-1-3-10(12)7-13-15(21)19(16(24)25-13)8-14(20)18-11-5-6-26(22,23)9-11/h1-7,11H,8-9H2,(H,18,20)/b13-7-. The molecule has 6 nitrogen and oxygen atoms in total. The first-order valence-electron chi connectivity index (χ1n) is 7.45. The molecule has 136 valence electrons. The van der Waals surface area contributed by atoms with Crippen LogP contribution in [0, 0.1) is 5.82 Å². The van der Waals surface area contributed by atoms with Crippen molar-refractivity contribution in [2.45, 2.75) is 6.04 Å². The Morgan fingerprint density at radius 2 is 2.15 bits per heavy atom. The lowest BCUT2D eigenvalue weighted by molar-refractivity contribution is -0.128. The number of thioether (sulfide) groups is 1. The van der Waals surface area contributed by atoms with E-state index in [-0.39, 0.29) is 27.1 Å². The molecule has 2 amide bonds. The van der Waals surface area contributed by atoms with E-state index in [0.29, 0.717) is 0 Å². The van der Waals surface area contributed by atoms with Crippen molar-refractivity contribution in [2.24, 2.45) is 0 Å². The fourth-order valence-corrected chi connectivity index (χ4v) is 4.91. The van der Waals surface area contributed by atoms with E-state index >= 15 is 0 Å². The molecule has 0 aliphatic carbocycles. The summed E-state index contributed by atoms with van der Waals surface area (Å²) in [4.78, 5) is 25.9. The van der Waals surface area contributed by atoms with Crippen molar-refractivity contribution in [3.05, 3.63) is 52.0 Å². The Balaban J connectivity index is 1.67. The molecule has 0 spiro atoms. The lowest BCUT2D eigenvalue weighted by Gasteiger charge is -2.16. The van der Waals surface area contributed by atoms with Crippen molar-refractivity contribution in [3.63, 3.8) is 0 Å². The second-order valence-electron chi connectivity index (χ2n) is 5.62. The number of carbonyl (C=O) groups is 2. The number of rotatable bonds is 4. The summed E-state index contributed by atoms with van der Waals surface area (Å²) in [6, 6.07) is 5.37. The molecule has 2 aliphatic rings. The van der Waals surface area contributed by atoms with Crippen LogP contribution in [0.25, 0.3) is 6.08 Å². The van der Waals surface area contributed by atoms with Gasteiger partial charge in [-0.1, -0.05) is 42.2 Å². The average Bonchev–Trinajstić information content (AvgIpc) is 3.03. The summed E-state index contributed by atoms with van der Waals surface area (Å²) >= 11 is 6.11. The number of amides is 2. The van der Waals surface area contributed by atoms with Gasteiger partial charge in [-0.2, -0.15) is 0 Å². The van der Waals surface area contributed by atoms with Crippen LogP contribution < -0.4 is 5.32 Å². The van der Waals surface area contributed by atoms with E-state index in [1.165, 1.54) is 24.3 Å². The number of thiocarbonyl (C=S) groups is 1. The SMILES string of the molecule is O=C(CN1C(=O)/C(=C/c2ccccc2F)SC1=S)NC1C=CS(=O)(=O)C1. The number of benzene rings is 1. The van der Waals surface area contributed by atoms with E-state index in [2.05, 4.69) is 5.32 Å². The summed E-state index contributed by atoms with van der Waals surface area (Å²) in [6.07, 6.45) is 2.77. The number of sulfone groups is 1. The topological polar surface area (TPSA) is 83.6 Å². The monoisotopic (exact) mass is 412 g/mol. The third-order valence-electron chi connectivity index (χ3n) is 3.64. The van der Waals surface area contributed by atoms with Crippen molar-refractivity contribution in [1.82, 2.24) is 10.2 Å². The van der Waals surface area contributed by atoms with Crippen LogP contribution in [0.2, 0.25) is 0 Å². The smallest absolute Gasteiger partial charge is 0.266 e. The molecule has 1 fully saturated rings. The van der Waals surface area contributed by atoms with Gasteiger partial charge < -0.3 is 5.32 Å². The molecular formula is C16H13FN2O4S3. The number of halogens is 1. The molecular weight excluding hydrogens is 399 g/mol. The first-order chi connectivity index (χ1) is 12.2. The summed E-state index contributed by atoms with van der Waals surface area (Å²) in [7, 11) is -3.29. The normalized spacial score (nSPS) is 23.0. The predicted molar refractivity (Wildman–Crippen MR) is 101 cm³/mol. The van der Waals surface area contributed by atoms with Crippen LogP contribution >= 0.6 is 24.0 Å². The summed E-state index contributed by atoms with van der Waals surface area (Å²) < 4.78 is 36.6. The Hall–Kier alpha value is -2.04. The predicted octanol–water partition coefficient (Wildman–Crippen LogP) is 1.45. The lowest BCUT2D eigenvalue weighted by Crippen LogP contribution is -2.43. The Labute approximate surface area is 159 Å². The first-order valence-corrected chi connectivity index (χ1v) is 10.4. The van der Waals surface area contributed by atoms with Crippen molar-refractivity contribution >= 4 is 56.0 Å². The maximum atomic E-state index is 13.7. The van der Waals surface area contributed by atoms with Gasteiger partial charge in [-0.25, -0.2) is 12.8 Å².